The lowest BCUT2D eigenvalue weighted by molar-refractivity contribution is -0.147. The van der Waals surface area contributed by atoms with Crippen molar-refractivity contribution in [3.8, 4) is 5.75 Å². The molecule has 1 unspecified atom stereocenters. The Balaban J connectivity index is 2.20. The number of amides is 1. The zero-order chi connectivity index (χ0) is 16.3. The van der Waals surface area contributed by atoms with Gasteiger partial charge in [0.05, 0.1) is 13.0 Å². The normalized spacial score (nSPS) is 17.8. The predicted octanol–water partition coefficient (Wildman–Crippen LogP) is 2.62. The van der Waals surface area contributed by atoms with Crippen LogP contribution in [-0.2, 0) is 9.59 Å². The summed E-state index contributed by atoms with van der Waals surface area (Å²) in [6.07, 6.45) is 2.64. The Morgan fingerprint density at radius 3 is 2.50 bits per heavy atom. The first-order chi connectivity index (χ1) is 10.4. The lowest BCUT2D eigenvalue weighted by Crippen LogP contribution is -2.53. The average molecular weight is 305 g/mol. The molecule has 2 N–H and O–H groups in total. The topological polar surface area (TPSA) is 75.6 Å². The molecule has 0 spiro atoms. The summed E-state index contributed by atoms with van der Waals surface area (Å²) in [6.45, 7) is 3.72. The quantitative estimate of drug-likeness (QED) is 0.877. The van der Waals surface area contributed by atoms with Gasteiger partial charge >= 0.3 is 5.97 Å². The molecule has 2 rings (SSSR count). The van der Waals surface area contributed by atoms with Crippen LogP contribution in [0, 0.1) is 6.92 Å². The molecule has 1 aliphatic carbocycles. The minimum Gasteiger partial charge on any atom is -0.496 e. The number of ether oxygens (including phenoxy) is 1. The maximum Gasteiger partial charge on any atom is 0.329 e. The van der Waals surface area contributed by atoms with Gasteiger partial charge in [-0.3, -0.25) is 4.79 Å². The lowest BCUT2D eigenvalue weighted by atomic mass is 9.93. The van der Waals surface area contributed by atoms with E-state index in [-0.39, 0.29) is 5.91 Å². The van der Waals surface area contributed by atoms with Gasteiger partial charge in [-0.1, -0.05) is 25.0 Å². The molecule has 0 bridgehead atoms. The summed E-state index contributed by atoms with van der Waals surface area (Å²) in [5, 5.41) is 12.2. The highest BCUT2D eigenvalue weighted by atomic mass is 16.5. The number of aliphatic carboxylic acids is 1. The molecule has 5 nitrogen and oxygen atoms in total. The van der Waals surface area contributed by atoms with E-state index >= 15 is 0 Å². The molecule has 1 saturated carbocycles. The van der Waals surface area contributed by atoms with Crippen molar-refractivity contribution in [1.29, 1.82) is 0 Å². The molecule has 1 amide bonds. The molecule has 1 aromatic carbocycles. The standard InChI is InChI=1S/C17H23NO4/c1-11-6-7-13(14(10-11)22-3)12(2)15(19)18-17(16(20)21)8-4-5-9-17/h6-7,10,12H,4-5,8-9H2,1-3H3,(H,18,19)(H,20,21). The van der Waals surface area contributed by atoms with Gasteiger partial charge in [-0.2, -0.15) is 0 Å². The van der Waals surface area contributed by atoms with Crippen molar-refractivity contribution >= 4 is 11.9 Å². The van der Waals surface area contributed by atoms with Crippen LogP contribution in [-0.4, -0.2) is 29.6 Å². The van der Waals surface area contributed by atoms with E-state index in [1.165, 1.54) is 0 Å². The van der Waals surface area contributed by atoms with Crippen molar-refractivity contribution < 1.29 is 19.4 Å². The van der Waals surface area contributed by atoms with Crippen LogP contribution >= 0.6 is 0 Å². The molecule has 1 aliphatic rings. The van der Waals surface area contributed by atoms with Crippen molar-refractivity contribution in [3.05, 3.63) is 29.3 Å². The zero-order valence-corrected chi connectivity index (χ0v) is 13.3. The third kappa shape index (κ3) is 3.08. The first kappa shape index (κ1) is 16.3. The average Bonchev–Trinajstić information content (AvgIpc) is 2.96. The van der Waals surface area contributed by atoms with Gasteiger partial charge in [0.25, 0.3) is 0 Å². The van der Waals surface area contributed by atoms with Crippen LogP contribution in [0.1, 0.15) is 49.7 Å². The Morgan fingerprint density at radius 2 is 1.95 bits per heavy atom. The molecule has 1 fully saturated rings. The number of benzene rings is 1. The number of rotatable bonds is 5. The second-order valence-electron chi connectivity index (χ2n) is 6.05. The van der Waals surface area contributed by atoms with E-state index in [0.29, 0.717) is 18.6 Å². The maximum atomic E-state index is 12.5. The number of carboxylic acids is 1. The van der Waals surface area contributed by atoms with Crippen molar-refractivity contribution in [1.82, 2.24) is 5.32 Å². The van der Waals surface area contributed by atoms with E-state index in [4.69, 9.17) is 4.74 Å². The Morgan fingerprint density at radius 1 is 1.32 bits per heavy atom. The number of nitrogens with one attached hydrogen (secondary N) is 1. The summed E-state index contributed by atoms with van der Waals surface area (Å²) >= 11 is 0. The van der Waals surface area contributed by atoms with Gasteiger partial charge in [0.1, 0.15) is 11.3 Å². The molecule has 0 aromatic heterocycles. The summed E-state index contributed by atoms with van der Waals surface area (Å²) < 4.78 is 5.34. The maximum absolute atomic E-state index is 12.5. The predicted molar refractivity (Wildman–Crippen MR) is 83.1 cm³/mol. The Bertz CT molecular complexity index is 576. The van der Waals surface area contributed by atoms with Gasteiger partial charge in [-0.05, 0) is 38.3 Å². The van der Waals surface area contributed by atoms with Crippen molar-refractivity contribution in [2.45, 2.75) is 51.0 Å². The van der Waals surface area contributed by atoms with Gasteiger partial charge in [0, 0.05) is 5.56 Å². The summed E-state index contributed by atoms with van der Waals surface area (Å²) in [4.78, 5) is 24.1. The van der Waals surface area contributed by atoms with Gasteiger partial charge in [0.2, 0.25) is 5.91 Å². The number of hydrogen-bond donors (Lipinski definition) is 2. The molecule has 5 heteroatoms. The SMILES string of the molecule is COc1cc(C)ccc1C(C)C(=O)NC1(C(=O)O)CCCC1. The van der Waals surface area contributed by atoms with E-state index in [1.54, 1.807) is 14.0 Å². The zero-order valence-electron chi connectivity index (χ0n) is 13.3. The van der Waals surface area contributed by atoms with Gasteiger partial charge in [-0.25, -0.2) is 4.79 Å². The van der Waals surface area contributed by atoms with Crippen molar-refractivity contribution in [2.75, 3.05) is 7.11 Å². The summed E-state index contributed by atoms with van der Waals surface area (Å²) in [7, 11) is 1.57. The third-order valence-corrected chi connectivity index (χ3v) is 4.48. The van der Waals surface area contributed by atoms with Crippen LogP contribution in [0.25, 0.3) is 0 Å². The molecular weight excluding hydrogens is 282 g/mol. The fourth-order valence-corrected chi connectivity index (χ4v) is 3.03. The number of carbonyl (C=O) groups excluding carboxylic acids is 1. The number of carbonyl (C=O) groups is 2. The first-order valence-electron chi connectivity index (χ1n) is 7.59. The molecule has 0 radical (unpaired) electrons. The second kappa shape index (κ2) is 6.38. The smallest absolute Gasteiger partial charge is 0.329 e. The number of methoxy groups -OCH3 is 1. The second-order valence-corrected chi connectivity index (χ2v) is 6.05. The number of aryl methyl sites for hydroxylation is 1. The van der Waals surface area contributed by atoms with Gasteiger partial charge in [-0.15, -0.1) is 0 Å². The molecule has 0 heterocycles. The van der Waals surface area contributed by atoms with Crippen LogP contribution in [0.5, 0.6) is 5.75 Å². The third-order valence-electron chi connectivity index (χ3n) is 4.48. The molecule has 22 heavy (non-hydrogen) atoms. The van der Waals surface area contributed by atoms with Crippen LogP contribution in [0.2, 0.25) is 0 Å². The number of hydrogen-bond acceptors (Lipinski definition) is 3. The lowest BCUT2D eigenvalue weighted by Gasteiger charge is -2.27. The van der Waals surface area contributed by atoms with Crippen molar-refractivity contribution in [3.63, 3.8) is 0 Å². The fourth-order valence-electron chi connectivity index (χ4n) is 3.03. The minimum absolute atomic E-state index is 0.272. The summed E-state index contributed by atoms with van der Waals surface area (Å²) in [5.41, 5.74) is 0.707. The van der Waals surface area contributed by atoms with E-state index in [2.05, 4.69) is 5.32 Å². The van der Waals surface area contributed by atoms with E-state index < -0.39 is 17.4 Å². The Kier molecular flexibility index (Phi) is 4.74. The summed E-state index contributed by atoms with van der Waals surface area (Å²) in [5.74, 6) is -1.03. The van der Waals surface area contributed by atoms with Gasteiger partial charge in [0.15, 0.2) is 0 Å². The highest BCUT2D eigenvalue weighted by molar-refractivity contribution is 5.90. The molecule has 0 aliphatic heterocycles. The molecule has 1 atom stereocenters. The fraction of sp³-hybridized carbons (Fsp3) is 0.529. The molecule has 0 saturated heterocycles. The van der Waals surface area contributed by atoms with E-state index in [9.17, 15) is 14.7 Å². The van der Waals surface area contributed by atoms with Crippen LogP contribution in [0.4, 0.5) is 0 Å². The summed E-state index contributed by atoms with van der Waals surface area (Å²) in [6, 6.07) is 5.66. The van der Waals surface area contributed by atoms with Crippen LogP contribution < -0.4 is 10.1 Å². The molecular formula is C17H23NO4. The van der Waals surface area contributed by atoms with E-state index in [0.717, 1.165) is 24.0 Å². The van der Waals surface area contributed by atoms with Crippen LogP contribution in [0.15, 0.2) is 18.2 Å². The Hall–Kier alpha value is -2.04. The van der Waals surface area contributed by atoms with Crippen LogP contribution in [0.3, 0.4) is 0 Å². The number of carboxylic acid groups (broad SMARTS) is 1. The Labute approximate surface area is 130 Å². The molecule has 1 aromatic rings. The largest absolute Gasteiger partial charge is 0.496 e. The highest BCUT2D eigenvalue weighted by Crippen LogP contribution is 2.32. The highest BCUT2D eigenvalue weighted by Gasteiger charge is 2.43. The van der Waals surface area contributed by atoms with Gasteiger partial charge < -0.3 is 15.2 Å². The van der Waals surface area contributed by atoms with Crippen molar-refractivity contribution in [2.24, 2.45) is 0 Å². The minimum atomic E-state index is -1.11. The van der Waals surface area contributed by atoms with E-state index in [1.807, 2.05) is 25.1 Å². The monoisotopic (exact) mass is 305 g/mol. The molecule has 120 valence electrons. The first-order valence-corrected chi connectivity index (χ1v) is 7.59.